The van der Waals surface area contributed by atoms with Crippen molar-refractivity contribution in [2.45, 2.75) is 52.4 Å². The van der Waals surface area contributed by atoms with Crippen LogP contribution >= 0.6 is 0 Å². The second kappa shape index (κ2) is 8.51. The molecule has 1 fully saturated rings. The first kappa shape index (κ1) is 14.5. The molecule has 1 saturated carbocycles. The quantitative estimate of drug-likeness (QED) is 0.671. The third kappa shape index (κ3) is 6.67. The van der Waals surface area contributed by atoms with Gasteiger partial charge in [0.05, 0.1) is 6.54 Å². The van der Waals surface area contributed by atoms with Crippen LogP contribution in [-0.2, 0) is 4.79 Å². The maximum Gasteiger partial charge on any atom is 0.233 e. The van der Waals surface area contributed by atoms with Gasteiger partial charge in [-0.1, -0.05) is 33.1 Å². The van der Waals surface area contributed by atoms with E-state index in [-0.39, 0.29) is 5.91 Å². The van der Waals surface area contributed by atoms with E-state index in [0.29, 0.717) is 6.54 Å². The first-order valence-corrected chi connectivity index (χ1v) is 7.19. The third-order valence-corrected chi connectivity index (χ3v) is 3.71. The lowest BCUT2D eigenvalue weighted by molar-refractivity contribution is -0.120. The second-order valence-corrected chi connectivity index (χ2v) is 5.46. The highest BCUT2D eigenvalue weighted by atomic mass is 16.1. The summed E-state index contributed by atoms with van der Waals surface area (Å²) in [5, 5.41) is 6.21. The van der Waals surface area contributed by atoms with E-state index in [4.69, 9.17) is 0 Å². The Morgan fingerprint density at radius 1 is 1.24 bits per heavy atom. The zero-order valence-electron chi connectivity index (χ0n) is 11.4. The number of nitrogens with one attached hydrogen (secondary N) is 2. The molecule has 0 bridgehead atoms. The Kier molecular flexibility index (Phi) is 7.25. The first-order chi connectivity index (χ1) is 8.22. The minimum absolute atomic E-state index is 0.141. The lowest BCUT2D eigenvalue weighted by atomic mass is 9.83. The molecule has 100 valence electrons. The fourth-order valence-electron chi connectivity index (χ4n) is 2.39. The average molecular weight is 240 g/mol. The molecule has 1 rings (SSSR count). The van der Waals surface area contributed by atoms with Crippen molar-refractivity contribution in [3.05, 3.63) is 0 Å². The lowest BCUT2D eigenvalue weighted by Crippen LogP contribution is -2.37. The van der Waals surface area contributed by atoms with Crippen molar-refractivity contribution >= 4 is 5.91 Å². The molecule has 0 heterocycles. The highest BCUT2D eigenvalue weighted by molar-refractivity contribution is 5.77. The van der Waals surface area contributed by atoms with Gasteiger partial charge in [-0.2, -0.15) is 0 Å². The van der Waals surface area contributed by atoms with Crippen LogP contribution in [0.1, 0.15) is 52.4 Å². The number of amides is 1. The van der Waals surface area contributed by atoms with Crippen molar-refractivity contribution in [3.63, 3.8) is 0 Å². The van der Waals surface area contributed by atoms with Crippen molar-refractivity contribution in [1.29, 1.82) is 0 Å². The second-order valence-electron chi connectivity index (χ2n) is 5.46. The number of carbonyl (C=O) groups is 1. The van der Waals surface area contributed by atoms with Crippen LogP contribution in [-0.4, -0.2) is 25.5 Å². The van der Waals surface area contributed by atoms with Crippen LogP contribution in [0.3, 0.4) is 0 Å². The normalized spacial score (nSPS) is 24.6. The molecule has 1 aliphatic carbocycles. The van der Waals surface area contributed by atoms with Crippen LogP contribution in [0.4, 0.5) is 0 Å². The predicted molar refractivity (Wildman–Crippen MR) is 71.9 cm³/mol. The molecule has 1 amide bonds. The van der Waals surface area contributed by atoms with E-state index in [2.05, 4.69) is 24.5 Å². The molecule has 0 aromatic carbocycles. The van der Waals surface area contributed by atoms with Gasteiger partial charge in [0.1, 0.15) is 0 Å². The van der Waals surface area contributed by atoms with Gasteiger partial charge in [0.25, 0.3) is 0 Å². The van der Waals surface area contributed by atoms with Crippen molar-refractivity contribution in [1.82, 2.24) is 10.6 Å². The maximum atomic E-state index is 11.4. The monoisotopic (exact) mass is 240 g/mol. The van der Waals surface area contributed by atoms with E-state index in [1.54, 1.807) is 0 Å². The summed E-state index contributed by atoms with van der Waals surface area (Å²) in [7, 11) is 0. The van der Waals surface area contributed by atoms with Crippen molar-refractivity contribution in [2.24, 2.45) is 11.8 Å². The summed E-state index contributed by atoms with van der Waals surface area (Å²) in [6.45, 7) is 6.78. The van der Waals surface area contributed by atoms with E-state index >= 15 is 0 Å². The molecule has 0 atom stereocenters. The molecule has 1 aliphatic rings. The Balaban J connectivity index is 1.97. The van der Waals surface area contributed by atoms with Gasteiger partial charge >= 0.3 is 0 Å². The SMILES string of the molecule is CCCCNC(=O)CNCC1CCC(C)CC1. The standard InChI is InChI=1S/C14H28N2O/c1-3-4-9-16-14(17)11-15-10-13-7-5-12(2)6-8-13/h12-13,15H,3-11H2,1-2H3,(H,16,17). The molecule has 3 heteroatoms. The summed E-state index contributed by atoms with van der Waals surface area (Å²) in [4.78, 5) is 11.4. The van der Waals surface area contributed by atoms with E-state index in [0.717, 1.165) is 37.8 Å². The lowest BCUT2D eigenvalue weighted by Gasteiger charge is -2.26. The molecule has 0 spiro atoms. The molecular formula is C14H28N2O. The Labute approximate surface area is 106 Å². The maximum absolute atomic E-state index is 11.4. The number of hydrogen-bond donors (Lipinski definition) is 2. The summed E-state index contributed by atoms with van der Waals surface area (Å²) in [5.41, 5.74) is 0. The van der Waals surface area contributed by atoms with Gasteiger partial charge in [0.2, 0.25) is 5.91 Å². The Hall–Kier alpha value is -0.570. The molecular weight excluding hydrogens is 212 g/mol. The van der Waals surface area contributed by atoms with Crippen LogP contribution in [0, 0.1) is 11.8 Å². The first-order valence-electron chi connectivity index (χ1n) is 7.19. The van der Waals surface area contributed by atoms with Crippen molar-refractivity contribution < 1.29 is 4.79 Å². The summed E-state index contributed by atoms with van der Waals surface area (Å²) >= 11 is 0. The smallest absolute Gasteiger partial charge is 0.233 e. The van der Waals surface area contributed by atoms with Gasteiger partial charge in [0.15, 0.2) is 0 Å². The van der Waals surface area contributed by atoms with Crippen LogP contribution in [0.5, 0.6) is 0 Å². The number of rotatable bonds is 7. The van der Waals surface area contributed by atoms with Gasteiger partial charge in [-0.05, 0) is 37.6 Å². The minimum Gasteiger partial charge on any atom is -0.355 e. The largest absolute Gasteiger partial charge is 0.355 e. The van der Waals surface area contributed by atoms with E-state index in [1.807, 2.05) is 0 Å². The summed E-state index contributed by atoms with van der Waals surface area (Å²) in [5.74, 6) is 1.83. The zero-order chi connectivity index (χ0) is 12.5. The summed E-state index contributed by atoms with van der Waals surface area (Å²) in [6.07, 6.45) is 7.57. The third-order valence-electron chi connectivity index (χ3n) is 3.71. The van der Waals surface area contributed by atoms with Gasteiger partial charge in [0, 0.05) is 6.54 Å². The van der Waals surface area contributed by atoms with Crippen molar-refractivity contribution in [3.8, 4) is 0 Å². The minimum atomic E-state index is 0.141. The predicted octanol–water partition coefficient (Wildman–Crippen LogP) is 2.32. The highest BCUT2D eigenvalue weighted by Gasteiger charge is 2.17. The number of hydrogen-bond acceptors (Lipinski definition) is 2. The molecule has 3 nitrogen and oxygen atoms in total. The molecule has 0 aromatic rings. The molecule has 2 N–H and O–H groups in total. The number of unbranched alkanes of at least 4 members (excludes halogenated alkanes) is 1. The molecule has 0 saturated heterocycles. The van der Waals surface area contributed by atoms with Gasteiger partial charge < -0.3 is 10.6 Å². The van der Waals surface area contributed by atoms with Crippen LogP contribution in [0.2, 0.25) is 0 Å². The van der Waals surface area contributed by atoms with Gasteiger partial charge in [-0.15, -0.1) is 0 Å². The van der Waals surface area contributed by atoms with E-state index in [1.165, 1.54) is 25.7 Å². The van der Waals surface area contributed by atoms with Crippen LogP contribution in [0.25, 0.3) is 0 Å². The van der Waals surface area contributed by atoms with Gasteiger partial charge in [-0.25, -0.2) is 0 Å². The topological polar surface area (TPSA) is 41.1 Å². The Morgan fingerprint density at radius 3 is 2.59 bits per heavy atom. The zero-order valence-corrected chi connectivity index (χ0v) is 11.4. The fourth-order valence-corrected chi connectivity index (χ4v) is 2.39. The molecule has 0 aromatic heterocycles. The number of carbonyl (C=O) groups excluding carboxylic acids is 1. The molecule has 0 unspecified atom stereocenters. The summed E-state index contributed by atoms with van der Waals surface area (Å²) < 4.78 is 0. The van der Waals surface area contributed by atoms with E-state index in [9.17, 15) is 4.79 Å². The molecule has 0 radical (unpaired) electrons. The Morgan fingerprint density at radius 2 is 1.94 bits per heavy atom. The fraction of sp³-hybridized carbons (Fsp3) is 0.929. The molecule has 0 aliphatic heterocycles. The summed E-state index contributed by atoms with van der Waals surface area (Å²) in [6, 6.07) is 0. The highest BCUT2D eigenvalue weighted by Crippen LogP contribution is 2.27. The molecule has 17 heavy (non-hydrogen) atoms. The van der Waals surface area contributed by atoms with Crippen molar-refractivity contribution in [2.75, 3.05) is 19.6 Å². The van der Waals surface area contributed by atoms with E-state index < -0.39 is 0 Å². The van der Waals surface area contributed by atoms with Crippen LogP contribution in [0.15, 0.2) is 0 Å². The average Bonchev–Trinajstić information content (AvgIpc) is 2.32. The van der Waals surface area contributed by atoms with Crippen LogP contribution < -0.4 is 10.6 Å². The Bertz CT molecular complexity index is 210. The van der Waals surface area contributed by atoms with Gasteiger partial charge in [-0.3, -0.25) is 4.79 Å².